The van der Waals surface area contributed by atoms with Gasteiger partial charge in [0, 0.05) is 12.1 Å². The first-order valence-corrected chi connectivity index (χ1v) is 10.1. The van der Waals surface area contributed by atoms with Crippen molar-refractivity contribution in [2.75, 3.05) is 19.6 Å². The first kappa shape index (κ1) is 20.6. The summed E-state index contributed by atoms with van der Waals surface area (Å²) in [5.41, 5.74) is 1.23. The highest BCUT2D eigenvalue weighted by molar-refractivity contribution is 6.36. The third kappa shape index (κ3) is 4.47. The van der Waals surface area contributed by atoms with E-state index in [-0.39, 0.29) is 11.9 Å². The zero-order valence-corrected chi connectivity index (χ0v) is 17.3. The molecule has 1 heterocycles. The summed E-state index contributed by atoms with van der Waals surface area (Å²) in [4.78, 5) is 2.39. The van der Waals surface area contributed by atoms with E-state index in [4.69, 9.17) is 20.9 Å². The quantitative estimate of drug-likeness (QED) is 0.427. The summed E-state index contributed by atoms with van der Waals surface area (Å²) in [6.07, 6.45) is 2.19. The lowest BCUT2D eigenvalue weighted by atomic mass is 10.1. The van der Waals surface area contributed by atoms with Crippen molar-refractivity contribution in [3.63, 3.8) is 0 Å². The van der Waals surface area contributed by atoms with Crippen molar-refractivity contribution in [3.8, 4) is 17.0 Å². The molecule has 2 aromatic carbocycles. The lowest BCUT2D eigenvalue weighted by molar-refractivity contribution is 0.145. The fourth-order valence-corrected chi connectivity index (χ4v) is 3.68. The van der Waals surface area contributed by atoms with E-state index in [1.165, 1.54) is 6.07 Å². The normalized spacial score (nSPS) is 12.6. The number of aromatic nitrogens is 1. The number of benzene rings is 2. The van der Waals surface area contributed by atoms with Crippen molar-refractivity contribution in [3.05, 3.63) is 47.2 Å². The molecule has 0 aliphatic rings. The highest BCUT2D eigenvalue weighted by Gasteiger charge is 2.20. The third-order valence-corrected chi connectivity index (χ3v) is 4.96. The average Bonchev–Trinajstić information content (AvgIpc) is 3.09. The van der Waals surface area contributed by atoms with Gasteiger partial charge in [-0.25, -0.2) is 4.39 Å². The lowest BCUT2D eigenvalue weighted by Crippen LogP contribution is -2.35. The van der Waals surface area contributed by atoms with Crippen LogP contribution in [0.5, 0.6) is 5.75 Å². The fourth-order valence-electron chi connectivity index (χ4n) is 3.44. The van der Waals surface area contributed by atoms with E-state index < -0.39 is 0 Å². The molecule has 1 unspecified atom stereocenters. The van der Waals surface area contributed by atoms with Crippen LogP contribution in [0.3, 0.4) is 0 Å². The van der Waals surface area contributed by atoms with Crippen LogP contribution in [-0.4, -0.2) is 35.8 Å². The van der Waals surface area contributed by atoms with Crippen LogP contribution in [-0.2, 0) is 0 Å². The van der Waals surface area contributed by atoms with E-state index in [2.05, 4.69) is 23.9 Å². The molecule has 150 valence electrons. The fraction of sp³-hybridized carbons (Fsp3) is 0.409. The van der Waals surface area contributed by atoms with E-state index >= 15 is 0 Å². The first-order chi connectivity index (χ1) is 13.5. The Morgan fingerprint density at radius 3 is 2.54 bits per heavy atom. The maximum atomic E-state index is 14.1. The van der Waals surface area contributed by atoms with Crippen molar-refractivity contribution < 1.29 is 13.7 Å². The summed E-state index contributed by atoms with van der Waals surface area (Å²) in [6.45, 7) is 9.30. The van der Waals surface area contributed by atoms with Crippen LogP contribution in [0.25, 0.3) is 22.2 Å². The summed E-state index contributed by atoms with van der Waals surface area (Å²) >= 11 is 6.52. The summed E-state index contributed by atoms with van der Waals surface area (Å²) in [7, 11) is 0. The minimum absolute atomic E-state index is 0.0259. The molecule has 0 spiro atoms. The predicted molar refractivity (Wildman–Crippen MR) is 112 cm³/mol. The topological polar surface area (TPSA) is 38.5 Å². The van der Waals surface area contributed by atoms with E-state index in [0.29, 0.717) is 33.0 Å². The van der Waals surface area contributed by atoms with E-state index in [1.807, 2.05) is 13.0 Å². The van der Waals surface area contributed by atoms with E-state index in [9.17, 15) is 4.39 Å². The van der Waals surface area contributed by atoms with Gasteiger partial charge in [-0.3, -0.25) is 4.90 Å². The maximum Gasteiger partial charge on any atom is 0.189 e. The number of hydrogen-bond donors (Lipinski definition) is 0. The van der Waals surface area contributed by atoms with Gasteiger partial charge in [0.1, 0.15) is 28.4 Å². The van der Waals surface area contributed by atoms with Gasteiger partial charge in [-0.2, -0.15) is 0 Å². The van der Waals surface area contributed by atoms with Gasteiger partial charge in [-0.1, -0.05) is 42.7 Å². The highest BCUT2D eigenvalue weighted by atomic mass is 35.5. The van der Waals surface area contributed by atoms with Crippen LogP contribution in [0, 0.1) is 5.82 Å². The average molecular weight is 405 g/mol. The number of rotatable bonds is 9. The molecular weight excluding hydrogens is 379 g/mol. The van der Waals surface area contributed by atoms with Crippen LogP contribution in [0.15, 0.2) is 40.9 Å². The van der Waals surface area contributed by atoms with E-state index in [1.54, 1.807) is 24.3 Å². The lowest BCUT2D eigenvalue weighted by Gasteiger charge is -2.25. The molecule has 1 atom stereocenters. The molecule has 0 aliphatic carbocycles. The first-order valence-electron chi connectivity index (χ1n) is 9.76. The Bertz CT molecular complexity index is 922. The van der Waals surface area contributed by atoms with Crippen molar-refractivity contribution in [1.29, 1.82) is 0 Å². The van der Waals surface area contributed by atoms with Gasteiger partial charge in [0.15, 0.2) is 5.58 Å². The number of fused-ring (bicyclic) bond motifs is 1. The molecule has 0 aliphatic heterocycles. The smallest absolute Gasteiger partial charge is 0.189 e. The van der Waals surface area contributed by atoms with Crippen LogP contribution in [0.4, 0.5) is 4.39 Å². The van der Waals surface area contributed by atoms with Crippen molar-refractivity contribution in [2.24, 2.45) is 0 Å². The zero-order chi connectivity index (χ0) is 20.1. The molecular formula is C22H26ClFN2O2. The number of halogens is 2. The number of ether oxygens (including phenoxy) is 1. The molecule has 0 amide bonds. The molecule has 3 rings (SSSR count). The Balaban J connectivity index is 1.82. The Hall–Kier alpha value is -2.11. The summed E-state index contributed by atoms with van der Waals surface area (Å²) in [5.74, 6) is 0.195. The van der Waals surface area contributed by atoms with Gasteiger partial charge in [-0.05, 0) is 57.1 Å². The molecule has 4 nitrogen and oxygen atoms in total. The Morgan fingerprint density at radius 2 is 1.86 bits per heavy atom. The molecule has 28 heavy (non-hydrogen) atoms. The Labute approximate surface area is 170 Å². The van der Waals surface area contributed by atoms with Gasteiger partial charge in [0.25, 0.3) is 0 Å². The molecule has 0 fully saturated rings. The van der Waals surface area contributed by atoms with Crippen LogP contribution < -0.4 is 4.74 Å². The minimum atomic E-state index is -0.352. The monoisotopic (exact) mass is 404 g/mol. The minimum Gasteiger partial charge on any atom is -0.488 e. The van der Waals surface area contributed by atoms with Crippen molar-refractivity contribution >= 4 is 22.6 Å². The summed E-state index contributed by atoms with van der Waals surface area (Å²) in [5, 5.41) is 5.06. The SMILES string of the molecule is CCCN(CCC)CC(C)Oc1ccc2c(-c3ccccc3F)noc2c1Cl. The van der Waals surface area contributed by atoms with Crippen molar-refractivity contribution in [2.45, 2.75) is 39.7 Å². The van der Waals surface area contributed by atoms with Crippen molar-refractivity contribution in [1.82, 2.24) is 10.1 Å². The summed E-state index contributed by atoms with van der Waals surface area (Å²) in [6, 6.07) is 10.1. The second-order valence-corrected chi connectivity index (χ2v) is 7.37. The van der Waals surface area contributed by atoms with Crippen LogP contribution >= 0.6 is 11.6 Å². The molecule has 6 heteroatoms. The molecule has 0 saturated carbocycles. The van der Waals surface area contributed by atoms with Gasteiger partial charge in [0.2, 0.25) is 0 Å². The Kier molecular flexibility index (Phi) is 6.92. The largest absolute Gasteiger partial charge is 0.488 e. The number of nitrogens with zero attached hydrogens (tertiary/aromatic N) is 2. The highest BCUT2D eigenvalue weighted by Crippen LogP contribution is 2.38. The molecule has 0 bridgehead atoms. The standard InChI is InChI=1S/C22H26ClFN2O2/c1-4-12-26(13-5-2)14-15(3)27-19-11-10-17-21(25-28-22(17)20(19)23)16-8-6-7-9-18(16)24/h6-11,15H,4-5,12-14H2,1-3H3. The maximum absolute atomic E-state index is 14.1. The second kappa shape index (κ2) is 9.39. The van der Waals surface area contributed by atoms with Gasteiger partial charge < -0.3 is 9.26 Å². The molecule has 1 aromatic heterocycles. The predicted octanol–water partition coefficient (Wildman–Crippen LogP) is 6.18. The van der Waals surface area contributed by atoms with Gasteiger partial charge in [0.05, 0.1) is 5.39 Å². The molecule has 0 saturated heterocycles. The summed E-state index contributed by atoms with van der Waals surface area (Å²) < 4.78 is 25.6. The van der Waals surface area contributed by atoms with Crippen LogP contribution in [0.1, 0.15) is 33.6 Å². The Morgan fingerprint density at radius 1 is 1.14 bits per heavy atom. The van der Waals surface area contributed by atoms with Gasteiger partial charge >= 0.3 is 0 Å². The molecule has 0 radical (unpaired) electrons. The zero-order valence-electron chi connectivity index (χ0n) is 16.5. The number of hydrogen-bond acceptors (Lipinski definition) is 4. The van der Waals surface area contributed by atoms with Crippen LogP contribution in [0.2, 0.25) is 5.02 Å². The molecule has 3 aromatic rings. The molecule has 0 N–H and O–H groups in total. The second-order valence-electron chi connectivity index (χ2n) is 6.99. The van der Waals surface area contributed by atoms with Gasteiger partial charge in [-0.15, -0.1) is 0 Å². The third-order valence-electron chi connectivity index (χ3n) is 4.60. The van der Waals surface area contributed by atoms with E-state index in [0.717, 1.165) is 32.5 Å².